The SMILES string of the molecule is CN(C)C(=O)c1csc([N+](=O)[O-])c1. The fraction of sp³-hybridized carbons (Fsp3) is 0.286. The van der Waals surface area contributed by atoms with Crippen LogP contribution < -0.4 is 0 Å². The van der Waals surface area contributed by atoms with Crippen molar-refractivity contribution in [1.82, 2.24) is 4.90 Å². The lowest BCUT2D eigenvalue weighted by atomic mass is 10.3. The third-order valence-corrected chi connectivity index (χ3v) is 2.30. The molecule has 0 atom stereocenters. The molecule has 0 aliphatic carbocycles. The molecule has 1 aromatic heterocycles. The van der Waals surface area contributed by atoms with Gasteiger partial charge < -0.3 is 4.90 Å². The summed E-state index contributed by atoms with van der Waals surface area (Å²) in [6.07, 6.45) is 0. The second-order valence-corrected chi connectivity index (χ2v) is 3.52. The molecule has 70 valence electrons. The summed E-state index contributed by atoms with van der Waals surface area (Å²) in [6.45, 7) is 0. The predicted molar refractivity (Wildman–Crippen MR) is 49.0 cm³/mol. The van der Waals surface area contributed by atoms with E-state index in [1.54, 1.807) is 14.1 Å². The highest BCUT2D eigenvalue weighted by atomic mass is 32.1. The topological polar surface area (TPSA) is 63.5 Å². The molecule has 0 fully saturated rings. The minimum Gasteiger partial charge on any atom is -0.345 e. The van der Waals surface area contributed by atoms with Crippen LogP contribution in [0.4, 0.5) is 5.00 Å². The van der Waals surface area contributed by atoms with E-state index in [0.29, 0.717) is 5.56 Å². The van der Waals surface area contributed by atoms with Crippen LogP contribution in [0.15, 0.2) is 11.4 Å². The van der Waals surface area contributed by atoms with Crippen LogP contribution >= 0.6 is 11.3 Å². The van der Waals surface area contributed by atoms with Crippen molar-refractivity contribution in [2.45, 2.75) is 0 Å². The second kappa shape index (κ2) is 3.53. The van der Waals surface area contributed by atoms with E-state index in [2.05, 4.69) is 0 Å². The number of rotatable bonds is 2. The first-order valence-electron chi connectivity index (χ1n) is 3.47. The van der Waals surface area contributed by atoms with Gasteiger partial charge in [-0.2, -0.15) is 0 Å². The first-order valence-corrected chi connectivity index (χ1v) is 4.35. The molecule has 0 N–H and O–H groups in total. The zero-order valence-electron chi connectivity index (χ0n) is 7.18. The summed E-state index contributed by atoms with van der Waals surface area (Å²) in [5, 5.41) is 11.8. The third kappa shape index (κ3) is 2.03. The number of hydrogen-bond acceptors (Lipinski definition) is 4. The van der Waals surface area contributed by atoms with Gasteiger partial charge in [0, 0.05) is 25.5 Å². The van der Waals surface area contributed by atoms with Gasteiger partial charge in [-0.05, 0) is 0 Å². The molecule has 0 unspecified atom stereocenters. The van der Waals surface area contributed by atoms with Crippen molar-refractivity contribution < 1.29 is 9.72 Å². The van der Waals surface area contributed by atoms with Gasteiger partial charge in [-0.1, -0.05) is 11.3 Å². The highest BCUT2D eigenvalue weighted by molar-refractivity contribution is 7.13. The van der Waals surface area contributed by atoms with E-state index in [1.807, 2.05) is 0 Å². The molecular formula is C7H8N2O3S. The maximum atomic E-state index is 11.3. The Hall–Kier alpha value is -1.43. The molecule has 0 aromatic carbocycles. The number of carbonyl (C=O) groups excluding carboxylic acids is 1. The lowest BCUT2D eigenvalue weighted by Gasteiger charge is -2.06. The maximum absolute atomic E-state index is 11.3. The van der Waals surface area contributed by atoms with Crippen molar-refractivity contribution in [3.05, 3.63) is 27.1 Å². The van der Waals surface area contributed by atoms with Gasteiger partial charge in [-0.25, -0.2) is 0 Å². The van der Waals surface area contributed by atoms with Crippen LogP contribution in [0, 0.1) is 10.1 Å². The summed E-state index contributed by atoms with van der Waals surface area (Å²) in [4.78, 5) is 22.5. The second-order valence-electron chi connectivity index (χ2n) is 2.63. The molecule has 13 heavy (non-hydrogen) atoms. The van der Waals surface area contributed by atoms with Crippen LogP contribution in [-0.2, 0) is 0 Å². The molecule has 1 aromatic rings. The standard InChI is InChI=1S/C7H8N2O3S/c1-8(2)7(10)5-3-6(9(11)12)13-4-5/h3-4H,1-2H3. The quantitative estimate of drug-likeness (QED) is 0.534. The molecule has 6 heteroatoms. The van der Waals surface area contributed by atoms with Crippen molar-refractivity contribution in [3.8, 4) is 0 Å². The summed E-state index contributed by atoms with van der Waals surface area (Å²) in [5.41, 5.74) is 0.363. The van der Waals surface area contributed by atoms with E-state index in [4.69, 9.17) is 0 Å². The van der Waals surface area contributed by atoms with Gasteiger partial charge in [-0.3, -0.25) is 14.9 Å². The Labute approximate surface area is 78.7 Å². The van der Waals surface area contributed by atoms with E-state index in [0.717, 1.165) is 11.3 Å². The number of amides is 1. The molecule has 0 bridgehead atoms. The van der Waals surface area contributed by atoms with Gasteiger partial charge in [0.2, 0.25) is 0 Å². The average Bonchev–Trinajstić information content (AvgIpc) is 2.50. The van der Waals surface area contributed by atoms with Gasteiger partial charge >= 0.3 is 5.00 Å². The number of nitro groups is 1. The summed E-state index contributed by atoms with van der Waals surface area (Å²) < 4.78 is 0. The summed E-state index contributed by atoms with van der Waals surface area (Å²) in [6, 6.07) is 1.28. The first kappa shape index (κ1) is 9.66. The molecule has 0 radical (unpaired) electrons. The van der Waals surface area contributed by atoms with E-state index in [1.165, 1.54) is 16.3 Å². The molecule has 0 saturated heterocycles. The van der Waals surface area contributed by atoms with Gasteiger partial charge in [0.1, 0.15) is 0 Å². The zero-order chi connectivity index (χ0) is 10.0. The number of thiophene rings is 1. The van der Waals surface area contributed by atoms with Crippen LogP contribution in [0.5, 0.6) is 0 Å². The first-order chi connectivity index (χ1) is 6.02. The maximum Gasteiger partial charge on any atom is 0.324 e. The number of nitrogens with zero attached hydrogens (tertiary/aromatic N) is 2. The molecule has 0 spiro atoms. The summed E-state index contributed by atoms with van der Waals surface area (Å²) in [7, 11) is 3.21. The largest absolute Gasteiger partial charge is 0.345 e. The Kier molecular flexibility index (Phi) is 2.62. The predicted octanol–water partition coefficient (Wildman–Crippen LogP) is 1.36. The minimum absolute atomic E-state index is 0.00907. The van der Waals surface area contributed by atoms with Crippen LogP contribution in [0.2, 0.25) is 0 Å². The monoisotopic (exact) mass is 200 g/mol. The molecule has 1 amide bonds. The van der Waals surface area contributed by atoms with Gasteiger partial charge in [0.15, 0.2) is 0 Å². The third-order valence-electron chi connectivity index (χ3n) is 1.42. The molecule has 1 heterocycles. The van der Waals surface area contributed by atoms with Gasteiger partial charge in [0.05, 0.1) is 10.5 Å². The molecule has 0 aliphatic heterocycles. The van der Waals surface area contributed by atoms with Crippen molar-refractivity contribution in [3.63, 3.8) is 0 Å². The van der Waals surface area contributed by atoms with Crippen molar-refractivity contribution in [2.24, 2.45) is 0 Å². The van der Waals surface area contributed by atoms with E-state index in [9.17, 15) is 14.9 Å². The Morgan fingerprint density at radius 3 is 2.62 bits per heavy atom. The zero-order valence-corrected chi connectivity index (χ0v) is 8.00. The normalized spacial score (nSPS) is 9.69. The minimum atomic E-state index is -0.503. The molecule has 0 saturated carbocycles. The Morgan fingerprint density at radius 2 is 2.23 bits per heavy atom. The fourth-order valence-electron chi connectivity index (χ4n) is 0.791. The van der Waals surface area contributed by atoms with Gasteiger partial charge in [-0.15, -0.1) is 0 Å². The molecule has 5 nitrogen and oxygen atoms in total. The van der Waals surface area contributed by atoms with Crippen LogP contribution in [0.3, 0.4) is 0 Å². The highest BCUT2D eigenvalue weighted by Crippen LogP contribution is 2.22. The Bertz CT molecular complexity index is 345. The van der Waals surface area contributed by atoms with Crippen molar-refractivity contribution in [2.75, 3.05) is 14.1 Å². The van der Waals surface area contributed by atoms with Crippen LogP contribution in [0.1, 0.15) is 10.4 Å². The average molecular weight is 200 g/mol. The smallest absolute Gasteiger partial charge is 0.324 e. The van der Waals surface area contributed by atoms with E-state index >= 15 is 0 Å². The van der Waals surface area contributed by atoms with Crippen molar-refractivity contribution in [1.29, 1.82) is 0 Å². The van der Waals surface area contributed by atoms with Crippen LogP contribution in [-0.4, -0.2) is 29.8 Å². The molecule has 1 rings (SSSR count). The van der Waals surface area contributed by atoms with E-state index in [-0.39, 0.29) is 10.9 Å². The lowest BCUT2D eigenvalue weighted by molar-refractivity contribution is -0.380. The number of carbonyl (C=O) groups is 1. The Morgan fingerprint density at radius 1 is 1.62 bits per heavy atom. The Balaban J connectivity index is 2.92. The number of hydrogen-bond donors (Lipinski definition) is 0. The lowest BCUT2D eigenvalue weighted by Crippen LogP contribution is -2.20. The summed E-state index contributed by atoms with van der Waals surface area (Å²) in [5.74, 6) is -0.218. The molecule has 0 aliphatic rings. The fourth-order valence-corrected chi connectivity index (χ4v) is 1.49. The van der Waals surface area contributed by atoms with Crippen LogP contribution in [0.25, 0.3) is 0 Å². The highest BCUT2D eigenvalue weighted by Gasteiger charge is 2.15. The van der Waals surface area contributed by atoms with Gasteiger partial charge in [0.25, 0.3) is 5.91 Å². The van der Waals surface area contributed by atoms with E-state index < -0.39 is 4.92 Å². The summed E-state index contributed by atoms with van der Waals surface area (Å²) >= 11 is 0.957. The van der Waals surface area contributed by atoms with Crippen molar-refractivity contribution >= 4 is 22.2 Å². The molecular weight excluding hydrogens is 192 g/mol.